The zero-order valence-corrected chi connectivity index (χ0v) is 17.2. The molecule has 1 aromatic heterocycles. The van der Waals surface area contributed by atoms with Crippen LogP contribution in [0.25, 0.3) is 0 Å². The van der Waals surface area contributed by atoms with Crippen molar-refractivity contribution in [2.24, 2.45) is 5.92 Å². The third-order valence-electron chi connectivity index (χ3n) is 2.93. The molecule has 9 heteroatoms. The second-order valence-electron chi connectivity index (χ2n) is 5.59. The summed E-state index contributed by atoms with van der Waals surface area (Å²) in [6.07, 6.45) is 0. The summed E-state index contributed by atoms with van der Waals surface area (Å²) in [5, 5.41) is 19.9. The summed E-state index contributed by atoms with van der Waals surface area (Å²) in [7, 11) is 0. The molecule has 1 N–H and O–H groups in total. The van der Waals surface area contributed by atoms with Gasteiger partial charge in [-0.15, -0.1) is 10.2 Å². The number of amides is 1. The first-order valence-corrected chi connectivity index (χ1v) is 10.6. The van der Waals surface area contributed by atoms with Gasteiger partial charge in [0, 0.05) is 11.4 Å². The fourth-order valence-electron chi connectivity index (χ4n) is 1.67. The van der Waals surface area contributed by atoms with Gasteiger partial charge in [0.1, 0.15) is 6.07 Å². The van der Waals surface area contributed by atoms with Gasteiger partial charge in [-0.2, -0.15) is 5.26 Å². The minimum Gasteiger partial charge on any atom is -0.325 e. The Kier molecular flexibility index (Phi) is 7.56. The third-order valence-corrected chi connectivity index (χ3v) is 6.91. The number of hydrogen-bond acceptors (Lipinski definition) is 7. The van der Waals surface area contributed by atoms with E-state index in [0.717, 1.165) is 14.4 Å². The molecule has 0 saturated carbocycles. The number of hydrogen-bond donors (Lipinski definition) is 1. The summed E-state index contributed by atoms with van der Waals surface area (Å²) in [4.78, 5) is 12.3. The molecule has 132 valence electrons. The summed E-state index contributed by atoms with van der Waals surface area (Å²) in [6, 6.07) is 6.80. The molecule has 1 amide bonds. The van der Waals surface area contributed by atoms with E-state index in [9.17, 15) is 4.79 Å². The summed E-state index contributed by atoms with van der Waals surface area (Å²) in [5.41, 5.74) is 0.939. The Morgan fingerprint density at radius 3 is 2.72 bits per heavy atom. The van der Waals surface area contributed by atoms with Crippen molar-refractivity contribution < 1.29 is 4.79 Å². The Labute approximate surface area is 164 Å². The zero-order chi connectivity index (χ0) is 18.4. The summed E-state index contributed by atoms with van der Waals surface area (Å²) in [5.74, 6) is 1.43. The van der Waals surface area contributed by atoms with Crippen molar-refractivity contribution in [2.45, 2.75) is 34.7 Å². The second kappa shape index (κ2) is 9.43. The predicted octanol–water partition coefficient (Wildman–Crippen LogP) is 4.93. The van der Waals surface area contributed by atoms with E-state index in [0.29, 0.717) is 22.2 Å². The van der Waals surface area contributed by atoms with Crippen LogP contribution >= 0.6 is 46.5 Å². The van der Waals surface area contributed by atoms with Gasteiger partial charge in [0.2, 0.25) is 5.91 Å². The van der Waals surface area contributed by atoms with Crippen molar-refractivity contribution in [3.8, 4) is 6.07 Å². The average molecular weight is 413 g/mol. The van der Waals surface area contributed by atoms with Crippen LogP contribution in [-0.2, 0) is 4.79 Å². The Morgan fingerprint density at radius 2 is 2.08 bits per heavy atom. The molecule has 2 rings (SSSR count). The van der Waals surface area contributed by atoms with Crippen molar-refractivity contribution in [1.29, 1.82) is 5.26 Å². The maximum Gasteiger partial charge on any atom is 0.237 e. The lowest BCUT2D eigenvalue weighted by atomic mass is 10.2. The van der Waals surface area contributed by atoms with Crippen molar-refractivity contribution in [1.82, 2.24) is 10.2 Å². The molecule has 2 aromatic rings. The lowest BCUT2D eigenvalue weighted by Crippen LogP contribution is -2.22. The van der Waals surface area contributed by atoms with Gasteiger partial charge in [-0.05, 0) is 31.0 Å². The van der Waals surface area contributed by atoms with Crippen molar-refractivity contribution in [3.05, 3.63) is 28.8 Å². The molecule has 1 aromatic carbocycles. The van der Waals surface area contributed by atoms with Crippen LogP contribution in [-0.4, -0.2) is 27.1 Å². The Bertz CT molecular complexity index is 788. The van der Waals surface area contributed by atoms with Gasteiger partial charge in [0.15, 0.2) is 8.68 Å². The number of thioether (sulfide) groups is 2. The topological polar surface area (TPSA) is 78.7 Å². The van der Waals surface area contributed by atoms with Gasteiger partial charge in [-0.3, -0.25) is 4.79 Å². The van der Waals surface area contributed by atoms with E-state index >= 15 is 0 Å². The highest BCUT2D eigenvalue weighted by atomic mass is 35.5. The van der Waals surface area contributed by atoms with Gasteiger partial charge in [-0.25, -0.2) is 0 Å². The largest absolute Gasteiger partial charge is 0.325 e. The minimum absolute atomic E-state index is 0.155. The van der Waals surface area contributed by atoms with Crippen molar-refractivity contribution in [2.75, 3.05) is 11.1 Å². The molecule has 25 heavy (non-hydrogen) atoms. The Balaban J connectivity index is 1.92. The molecular weight excluding hydrogens is 396 g/mol. The molecule has 5 nitrogen and oxygen atoms in total. The zero-order valence-electron chi connectivity index (χ0n) is 13.9. The first-order valence-electron chi connectivity index (χ1n) is 7.52. The number of aromatic nitrogens is 2. The first-order chi connectivity index (χ1) is 11.9. The van der Waals surface area contributed by atoms with Crippen LogP contribution in [0.4, 0.5) is 5.69 Å². The Morgan fingerprint density at radius 1 is 1.36 bits per heavy atom. The van der Waals surface area contributed by atoms with Crippen LogP contribution in [0.3, 0.4) is 0 Å². The molecule has 0 aliphatic rings. The van der Waals surface area contributed by atoms with E-state index in [2.05, 4.69) is 29.4 Å². The molecule has 0 bridgehead atoms. The monoisotopic (exact) mass is 412 g/mol. The van der Waals surface area contributed by atoms with E-state index in [4.69, 9.17) is 16.9 Å². The quantitative estimate of drug-likeness (QED) is 0.649. The molecule has 0 fully saturated rings. The summed E-state index contributed by atoms with van der Waals surface area (Å²) in [6.45, 7) is 6.13. The molecule has 0 aliphatic heterocycles. The van der Waals surface area contributed by atoms with E-state index in [-0.39, 0.29) is 11.2 Å². The number of benzene rings is 1. The van der Waals surface area contributed by atoms with Gasteiger partial charge < -0.3 is 5.32 Å². The number of carbonyl (C=O) groups is 1. The molecule has 0 aliphatic carbocycles. The third kappa shape index (κ3) is 6.19. The number of rotatable bonds is 7. The summed E-state index contributed by atoms with van der Waals surface area (Å²) < 4.78 is 1.69. The van der Waals surface area contributed by atoms with E-state index in [1.165, 1.54) is 23.1 Å². The fourth-order valence-corrected chi connectivity index (χ4v) is 5.04. The van der Waals surface area contributed by atoms with Gasteiger partial charge in [0.25, 0.3) is 0 Å². The SMILES string of the molecule is CC(C)CSc1nnc(S[C@@H](C)C(=O)Nc2ccc(C#N)c(Cl)c2)s1. The average Bonchev–Trinajstić information content (AvgIpc) is 3.00. The molecule has 0 spiro atoms. The van der Waals surface area contributed by atoms with E-state index < -0.39 is 0 Å². The van der Waals surface area contributed by atoms with Gasteiger partial charge >= 0.3 is 0 Å². The summed E-state index contributed by atoms with van der Waals surface area (Å²) >= 11 is 10.5. The van der Waals surface area contributed by atoms with Crippen molar-refractivity contribution in [3.63, 3.8) is 0 Å². The number of halogens is 1. The molecule has 1 atom stereocenters. The highest BCUT2D eigenvalue weighted by molar-refractivity contribution is 8.03. The maximum atomic E-state index is 12.3. The second-order valence-corrected chi connectivity index (χ2v) is 9.83. The van der Waals surface area contributed by atoms with E-state index in [1.54, 1.807) is 30.0 Å². The van der Waals surface area contributed by atoms with E-state index in [1.807, 2.05) is 13.0 Å². The normalized spacial score (nSPS) is 12.0. The van der Waals surface area contributed by atoms with Crippen LogP contribution < -0.4 is 5.32 Å². The molecule has 0 saturated heterocycles. The van der Waals surface area contributed by atoms with Gasteiger partial charge in [-0.1, -0.05) is 60.3 Å². The smallest absolute Gasteiger partial charge is 0.237 e. The first kappa shape index (κ1) is 20.0. The van der Waals surface area contributed by atoms with Gasteiger partial charge in [0.05, 0.1) is 15.8 Å². The van der Waals surface area contributed by atoms with Crippen LogP contribution in [0.1, 0.15) is 26.3 Å². The van der Waals surface area contributed by atoms with Crippen LogP contribution in [0.2, 0.25) is 5.02 Å². The highest BCUT2D eigenvalue weighted by Crippen LogP contribution is 2.32. The predicted molar refractivity (Wildman–Crippen MR) is 106 cm³/mol. The van der Waals surface area contributed by atoms with Crippen LogP contribution in [0, 0.1) is 17.2 Å². The lowest BCUT2D eigenvalue weighted by molar-refractivity contribution is -0.115. The lowest BCUT2D eigenvalue weighted by Gasteiger charge is -2.10. The molecule has 1 heterocycles. The number of anilines is 1. The van der Waals surface area contributed by atoms with Crippen molar-refractivity contribution >= 4 is 58.1 Å². The molecular formula is C16H17ClN4OS3. The van der Waals surface area contributed by atoms with Crippen LogP contribution in [0.15, 0.2) is 26.9 Å². The standard InChI is InChI=1S/C16H17ClN4OS3/c1-9(2)8-23-15-20-21-16(25-15)24-10(3)14(22)19-12-5-4-11(7-18)13(17)6-12/h4-6,9-10H,8H2,1-3H3,(H,19,22)/t10-/m0/s1. The van der Waals surface area contributed by atoms with Crippen LogP contribution in [0.5, 0.6) is 0 Å². The number of nitriles is 1. The number of nitrogens with one attached hydrogen (secondary N) is 1. The number of carbonyl (C=O) groups excluding carboxylic acids is 1. The minimum atomic E-state index is -0.328. The fraction of sp³-hybridized carbons (Fsp3) is 0.375. The highest BCUT2D eigenvalue weighted by Gasteiger charge is 2.18. The number of nitrogens with zero attached hydrogens (tertiary/aromatic N) is 3. The Hall–Kier alpha value is -1.27. The molecule has 0 unspecified atom stereocenters. The maximum absolute atomic E-state index is 12.3. The molecule has 0 radical (unpaired) electrons.